The number of nitrogens with one attached hydrogen (secondary N) is 1. The number of pyridine rings is 1. The molecule has 1 N–H and O–H groups in total. The van der Waals surface area contributed by atoms with Crippen LogP contribution < -0.4 is 5.32 Å². The van der Waals surface area contributed by atoms with Gasteiger partial charge < -0.3 is 5.32 Å². The fourth-order valence-corrected chi connectivity index (χ4v) is 2.24. The van der Waals surface area contributed by atoms with Gasteiger partial charge in [-0.2, -0.15) is 0 Å². The molecule has 1 aromatic heterocycles. The number of rotatable bonds is 2. The average Bonchev–Trinajstić information content (AvgIpc) is 2.24. The van der Waals surface area contributed by atoms with Gasteiger partial charge in [-0.3, -0.25) is 9.88 Å². The summed E-state index contributed by atoms with van der Waals surface area (Å²) >= 11 is 5.96. The summed E-state index contributed by atoms with van der Waals surface area (Å²) in [6.07, 6.45) is 1.77. The number of aromatic nitrogens is 1. The van der Waals surface area contributed by atoms with Crippen molar-refractivity contribution in [3.63, 3.8) is 0 Å². The molecule has 1 aromatic rings. The van der Waals surface area contributed by atoms with Crippen LogP contribution in [0.3, 0.4) is 0 Å². The maximum absolute atomic E-state index is 5.96. The molecular weight excluding hydrogens is 222 g/mol. The molecule has 2 unspecified atom stereocenters. The molecule has 4 heteroatoms. The summed E-state index contributed by atoms with van der Waals surface area (Å²) in [6, 6.07) is 4.86. The van der Waals surface area contributed by atoms with E-state index in [4.69, 9.17) is 11.6 Å². The molecule has 0 spiro atoms. The lowest BCUT2D eigenvalue weighted by Crippen LogP contribution is -2.53. The molecule has 0 aromatic carbocycles. The Morgan fingerprint density at radius 1 is 1.56 bits per heavy atom. The van der Waals surface area contributed by atoms with E-state index in [0.717, 1.165) is 30.4 Å². The van der Waals surface area contributed by atoms with Gasteiger partial charge >= 0.3 is 0 Å². The molecule has 2 heterocycles. The smallest absolute Gasteiger partial charge is 0.0558 e. The van der Waals surface area contributed by atoms with E-state index in [1.54, 1.807) is 6.20 Å². The minimum Gasteiger partial charge on any atom is -0.311 e. The Labute approximate surface area is 102 Å². The van der Waals surface area contributed by atoms with Crippen molar-refractivity contribution in [1.82, 2.24) is 15.2 Å². The largest absolute Gasteiger partial charge is 0.311 e. The Bertz CT molecular complexity index is 356. The quantitative estimate of drug-likeness (QED) is 0.855. The van der Waals surface area contributed by atoms with Gasteiger partial charge in [0.15, 0.2) is 0 Å². The second-order valence-electron chi connectivity index (χ2n) is 4.55. The summed E-state index contributed by atoms with van der Waals surface area (Å²) in [7, 11) is 0. The van der Waals surface area contributed by atoms with Gasteiger partial charge in [0.1, 0.15) is 0 Å². The van der Waals surface area contributed by atoms with Crippen LogP contribution in [0.1, 0.15) is 19.5 Å². The lowest BCUT2D eigenvalue weighted by molar-refractivity contribution is 0.137. The van der Waals surface area contributed by atoms with Crippen molar-refractivity contribution in [2.75, 3.05) is 13.1 Å². The zero-order chi connectivity index (χ0) is 11.5. The molecule has 1 fully saturated rings. The standard InChI is InChI=1S/C12H18ClN3/c1-9-7-16(10(2)6-15-9)8-12-5-11(13)3-4-14-12/h3-5,9-10,15H,6-8H2,1-2H3. The van der Waals surface area contributed by atoms with Crippen LogP contribution in [0.2, 0.25) is 5.02 Å². The third-order valence-corrected chi connectivity index (χ3v) is 3.27. The fraction of sp³-hybridized carbons (Fsp3) is 0.583. The van der Waals surface area contributed by atoms with E-state index in [9.17, 15) is 0 Å². The first-order valence-electron chi connectivity index (χ1n) is 5.73. The molecule has 0 bridgehead atoms. The lowest BCUT2D eigenvalue weighted by Gasteiger charge is -2.37. The Balaban J connectivity index is 2.02. The Hall–Kier alpha value is -0.640. The molecule has 2 atom stereocenters. The highest BCUT2D eigenvalue weighted by Gasteiger charge is 2.22. The maximum Gasteiger partial charge on any atom is 0.0558 e. The Kier molecular flexibility index (Phi) is 3.79. The second-order valence-corrected chi connectivity index (χ2v) is 4.99. The van der Waals surface area contributed by atoms with E-state index < -0.39 is 0 Å². The van der Waals surface area contributed by atoms with Gasteiger partial charge in [-0.25, -0.2) is 0 Å². The van der Waals surface area contributed by atoms with Gasteiger partial charge in [-0.1, -0.05) is 11.6 Å². The highest BCUT2D eigenvalue weighted by Crippen LogP contribution is 2.13. The van der Waals surface area contributed by atoms with E-state index in [-0.39, 0.29) is 0 Å². The normalized spacial score (nSPS) is 26.9. The van der Waals surface area contributed by atoms with Crippen molar-refractivity contribution in [3.05, 3.63) is 29.0 Å². The number of hydrogen-bond donors (Lipinski definition) is 1. The van der Waals surface area contributed by atoms with E-state index in [1.165, 1.54) is 0 Å². The Morgan fingerprint density at radius 2 is 2.38 bits per heavy atom. The average molecular weight is 240 g/mol. The molecule has 1 saturated heterocycles. The van der Waals surface area contributed by atoms with Crippen molar-refractivity contribution in [2.24, 2.45) is 0 Å². The van der Waals surface area contributed by atoms with E-state index in [2.05, 4.69) is 29.0 Å². The molecular formula is C12H18ClN3. The van der Waals surface area contributed by atoms with Gasteiger partial charge in [0, 0.05) is 42.9 Å². The van der Waals surface area contributed by atoms with Crippen LogP contribution in [0.25, 0.3) is 0 Å². The lowest BCUT2D eigenvalue weighted by atomic mass is 10.1. The molecule has 0 amide bonds. The van der Waals surface area contributed by atoms with Crippen LogP contribution >= 0.6 is 11.6 Å². The highest BCUT2D eigenvalue weighted by atomic mass is 35.5. The van der Waals surface area contributed by atoms with Crippen molar-refractivity contribution < 1.29 is 0 Å². The third kappa shape index (κ3) is 2.94. The summed E-state index contributed by atoms with van der Waals surface area (Å²) in [6.45, 7) is 7.44. The molecule has 88 valence electrons. The van der Waals surface area contributed by atoms with Crippen LogP contribution in [0.4, 0.5) is 0 Å². The van der Waals surface area contributed by atoms with Crippen LogP contribution in [0.15, 0.2) is 18.3 Å². The van der Waals surface area contributed by atoms with Crippen molar-refractivity contribution in [2.45, 2.75) is 32.5 Å². The van der Waals surface area contributed by atoms with Crippen molar-refractivity contribution in [1.29, 1.82) is 0 Å². The Morgan fingerprint density at radius 3 is 3.12 bits per heavy atom. The third-order valence-electron chi connectivity index (χ3n) is 3.04. The first-order valence-corrected chi connectivity index (χ1v) is 6.11. The predicted octanol–water partition coefficient (Wildman–Crippen LogP) is 1.92. The summed E-state index contributed by atoms with van der Waals surface area (Å²) in [4.78, 5) is 6.79. The molecule has 0 aliphatic carbocycles. The molecule has 1 aliphatic rings. The topological polar surface area (TPSA) is 28.2 Å². The van der Waals surface area contributed by atoms with E-state index in [0.29, 0.717) is 12.1 Å². The van der Waals surface area contributed by atoms with Crippen LogP contribution in [-0.2, 0) is 6.54 Å². The molecule has 0 radical (unpaired) electrons. The minimum absolute atomic E-state index is 0.551. The summed E-state index contributed by atoms with van der Waals surface area (Å²) < 4.78 is 0. The number of piperazine rings is 1. The van der Waals surface area contributed by atoms with Gasteiger partial charge in [0.2, 0.25) is 0 Å². The number of halogens is 1. The first kappa shape index (κ1) is 11.8. The molecule has 0 saturated carbocycles. The minimum atomic E-state index is 0.551. The zero-order valence-electron chi connectivity index (χ0n) is 9.78. The van der Waals surface area contributed by atoms with Crippen LogP contribution in [-0.4, -0.2) is 35.1 Å². The highest BCUT2D eigenvalue weighted by molar-refractivity contribution is 6.30. The number of nitrogens with zero attached hydrogens (tertiary/aromatic N) is 2. The zero-order valence-corrected chi connectivity index (χ0v) is 10.5. The second kappa shape index (κ2) is 5.13. The van der Waals surface area contributed by atoms with Crippen molar-refractivity contribution in [3.8, 4) is 0 Å². The van der Waals surface area contributed by atoms with E-state index >= 15 is 0 Å². The number of hydrogen-bond acceptors (Lipinski definition) is 3. The fourth-order valence-electron chi connectivity index (χ4n) is 2.06. The van der Waals surface area contributed by atoms with Gasteiger partial charge in [-0.05, 0) is 26.0 Å². The van der Waals surface area contributed by atoms with Gasteiger partial charge in [-0.15, -0.1) is 0 Å². The molecule has 16 heavy (non-hydrogen) atoms. The summed E-state index contributed by atoms with van der Waals surface area (Å²) in [5.41, 5.74) is 1.05. The molecule has 3 nitrogen and oxygen atoms in total. The van der Waals surface area contributed by atoms with Crippen LogP contribution in [0.5, 0.6) is 0 Å². The predicted molar refractivity (Wildman–Crippen MR) is 66.6 cm³/mol. The van der Waals surface area contributed by atoms with Gasteiger partial charge in [0.05, 0.1) is 5.69 Å². The SMILES string of the molecule is CC1CN(Cc2cc(Cl)ccn2)C(C)CN1. The summed E-state index contributed by atoms with van der Waals surface area (Å²) in [5, 5.41) is 4.24. The van der Waals surface area contributed by atoms with Crippen LogP contribution in [0, 0.1) is 0 Å². The maximum atomic E-state index is 5.96. The monoisotopic (exact) mass is 239 g/mol. The van der Waals surface area contributed by atoms with Crippen molar-refractivity contribution >= 4 is 11.6 Å². The molecule has 1 aliphatic heterocycles. The van der Waals surface area contributed by atoms with E-state index in [1.807, 2.05) is 12.1 Å². The first-order chi connectivity index (χ1) is 7.65. The van der Waals surface area contributed by atoms with Gasteiger partial charge in [0.25, 0.3) is 0 Å². The molecule has 2 rings (SSSR count). The summed E-state index contributed by atoms with van der Waals surface area (Å²) in [5.74, 6) is 0.